The van der Waals surface area contributed by atoms with E-state index in [1.807, 2.05) is 19.1 Å². The molecule has 1 fully saturated rings. The highest BCUT2D eigenvalue weighted by Crippen LogP contribution is 2.27. The number of anilines is 1. The molecule has 25 heavy (non-hydrogen) atoms. The average Bonchev–Trinajstić information content (AvgIpc) is 2.61. The van der Waals surface area contributed by atoms with Gasteiger partial charge >= 0.3 is 0 Å². The van der Waals surface area contributed by atoms with Crippen molar-refractivity contribution in [3.8, 4) is 0 Å². The third-order valence-electron chi connectivity index (χ3n) is 4.14. The first kappa shape index (κ1) is 17.7. The molecule has 2 heterocycles. The van der Waals surface area contributed by atoms with Crippen LogP contribution in [0.3, 0.4) is 0 Å². The molecule has 2 aromatic rings. The number of aryl methyl sites for hydroxylation is 1. The van der Waals surface area contributed by atoms with Gasteiger partial charge in [-0.15, -0.1) is 0 Å². The number of halogens is 2. The van der Waals surface area contributed by atoms with Crippen LogP contribution in [-0.2, 0) is 0 Å². The van der Waals surface area contributed by atoms with E-state index in [-0.39, 0.29) is 16.5 Å². The monoisotopic (exact) mass is 363 g/mol. The lowest BCUT2D eigenvalue weighted by Crippen LogP contribution is -2.49. The van der Waals surface area contributed by atoms with Crippen molar-refractivity contribution in [1.29, 1.82) is 0 Å². The number of carbonyl (C=O) groups is 1. The second kappa shape index (κ2) is 7.82. The first-order valence-corrected chi connectivity index (χ1v) is 8.93. The molecule has 7 heteroatoms. The SMILES string of the molecule is Cc1cccc(N2CCN(C(=O)c3cccnc3SC(F)F)CC2)c1. The molecular weight excluding hydrogens is 344 g/mol. The van der Waals surface area contributed by atoms with Gasteiger partial charge in [-0.3, -0.25) is 4.79 Å². The largest absolute Gasteiger partial charge is 0.368 e. The van der Waals surface area contributed by atoms with Crippen LogP contribution < -0.4 is 4.90 Å². The highest BCUT2D eigenvalue weighted by molar-refractivity contribution is 7.99. The van der Waals surface area contributed by atoms with E-state index in [2.05, 4.69) is 22.0 Å². The van der Waals surface area contributed by atoms with Gasteiger partial charge in [-0.25, -0.2) is 4.98 Å². The maximum absolute atomic E-state index is 12.7. The predicted octanol–water partition coefficient (Wildman–Crippen LogP) is 3.67. The van der Waals surface area contributed by atoms with E-state index in [0.29, 0.717) is 37.9 Å². The van der Waals surface area contributed by atoms with Gasteiger partial charge in [-0.2, -0.15) is 8.78 Å². The molecule has 1 aromatic carbocycles. The Morgan fingerprint density at radius 3 is 2.60 bits per heavy atom. The van der Waals surface area contributed by atoms with Crippen molar-refractivity contribution in [2.24, 2.45) is 0 Å². The molecular formula is C18H19F2N3OS. The molecule has 0 saturated carbocycles. The van der Waals surface area contributed by atoms with Crippen molar-refractivity contribution < 1.29 is 13.6 Å². The van der Waals surface area contributed by atoms with Crippen LogP contribution in [0.5, 0.6) is 0 Å². The zero-order chi connectivity index (χ0) is 17.8. The van der Waals surface area contributed by atoms with E-state index in [9.17, 15) is 13.6 Å². The third-order valence-corrected chi connectivity index (χ3v) is 4.86. The Bertz CT molecular complexity index is 749. The minimum Gasteiger partial charge on any atom is -0.368 e. The number of rotatable bonds is 4. The van der Waals surface area contributed by atoms with Crippen LogP contribution in [0.15, 0.2) is 47.6 Å². The Kier molecular flexibility index (Phi) is 5.53. The second-order valence-electron chi connectivity index (χ2n) is 5.85. The van der Waals surface area contributed by atoms with Crippen LogP contribution in [0.4, 0.5) is 14.5 Å². The highest BCUT2D eigenvalue weighted by Gasteiger charge is 2.25. The van der Waals surface area contributed by atoms with Crippen LogP contribution in [0.1, 0.15) is 15.9 Å². The molecule has 1 amide bonds. The number of nitrogens with zero attached hydrogens (tertiary/aromatic N) is 3. The summed E-state index contributed by atoms with van der Waals surface area (Å²) in [6.45, 7) is 4.59. The fourth-order valence-electron chi connectivity index (χ4n) is 2.89. The number of alkyl halides is 2. The van der Waals surface area contributed by atoms with Gasteiger partial charge in [-0.1, -0.05) is 12.1 Å². The van der Waals surface area contributed by atoms with E-state index in [1.54, 1.807) is 17.0 Å². The fourth-order valence-corrected chi connectivity index (χ4v) is 3.47. The molecule has 0 N–H and O–H groups in total. The first-order chi connectivity index (χ1) is 12.0. The number of thioether (sulfide) groups is 1. The minimum atomic E-state index is -2.60. The summed E-state index contributed by atoms with van der Waals surface area (Å²) in [5.41, 5.74) is 2.58. The molecule has 0 radical (unpaired) electrons. The minimum absolute atomic E-state index is 0.0867. The Hall–Kier alpha value is -2.15. The van der Waals surface area contributed by atoms with E-state index in [4.69, 9.17) is 0 Å². The van der Waals surface area contributed by atoms with Gasteiger partial charge in [0.15, 0.2) is 0 Å². The van der Waals surface area contributed by atoms with Gasteiger partial charge < -0.3 is 9.80 Å². The van der Waals surface area contributed by atoms with E-state index >= 15 is 0 Å². The number of carbonyl (C=O) groups excluding carboxylic acids is 1. The zero-order valence-electron chi connectivity index (χ0n) is 13.9. The fraction of sp³-hybridized carbons (Fsp3) is 0.333. The predicted molar refractivity (Wildman–Crippen MR) is 95.4 cm³/mol. The molecule has 0 unspecified atom stereocenters. The number of hydrogen-bond acceptors (Lipinski definition) is 4. The molecule has 0 bridgehead atoms. The van der Waals surface area contributed by atoms with E-state index < -0.39 is 5.76 Å². The molecule has 3 rings (SSSR count). The van der Waals surface area contributed by atoms with Crippen LogP contribution in [-0.4, -0.2) is 47.7 Å². The van der Waals surface area contributed by atoms with Gasteiger partial charge in [0.05, 0.1) is 5.56 Å². The first-order valence-electron chi connectivity index (χ1n) is 8.05. The topological polar surface area (TPSA) is 36.4 Å². The lowest BCUT2D eigenvalue weighted by molar-refractivity contribution is 0.0742. The zero-order valence-corrected chi connectivity index (χ0v) is 14.7. The summed E-state index contributed by atoms with van der Waals surface area (Å²) < 4.78 is 25.3. The van der Waals surface area contributed by atoms with Crippen molar-refractivity contribution in [2.75, 3.05) is 31.1 Å². The van der Waals surface area contributed by atoms with Gasteiger partial charge in [0.25, 0.3) is 11.7 Å². The number of amides is 1. The molecule has 0 atom stereocenters. The van der Waals surface area contributed by atoms with Crippen LogP contribution in [0.2, 0.25) is 0 Å². The Morgan fingerprint density at radius 1 is 1.16 bits per heavy atom. The molecule has 1 aromatic heterocycles. The summed E-state index contributed by atoms with van der Waals surface area (Å²) in [6.07, 6.45) is 1.43. The van der Waals surface area contributed by atoms with Crippen LogP contribution in [0.25, 0.3) is 0 Å². The molecule has 1 aliphatic rings. The van der Waals surface area contributed by atoms with Crippen molar-refractivity contribution in [3.05, 3.63) is 53.7 Å². The summed E-state index contributed by atoms with van der Waals surface area (Å²) in [5, 5.41) is 0.0867. The molecule has 0 spiro atoms. The third kappa shape index (κ3) is 4.28. The lowest BCUT2D eigenvalue weighted by atomic mass is 10.1. The van der Waals surface area contributed by atoms with Crippen LogP contribution in [0, 0.1) is 6.92 Å². The number of piperazine rings is 1. The molecule has 1 saturated heterocycles. The highest BCUT2D eigenvalue weighted by atomic mass is 32.2. The second-order valence-corrected chi connectivity index (χ2v) is 6.83. The average molecular weight is 363 g/mol. The standard InChI is InChI=1S/C18H19F2N3OS/c1-13-4-2-5-14(12-13)22-8-10-23(11-9-22)17(24)15-6-3-7-21-16(15)25-18(19)20/h2-7,12,18H,8-11H2,1H3. The normalized spacial score (nSPS) is 14.9. The van der Waals surface area contributed by atoms with Gasteiger partial charge in [0.1, 0.15) is 5.03 Å². The van der Waals surface area contributed by atoms with Crippen molar-refractivity contribution in [1.82, 2.24) is 9.88 Å². The Morgan fingerprint density at radius 2 is 1.92 bits per heavy atom. The van der Waals surface area contributed by atoms with Crippen molar-refractivity contribution in [3.63, 3.8) is 0 Å². The maximum atomic E-state index is 12.7. The van der Waals surface area contributed by atoms with E-state index in [1.165, 1.54) is 11.8 Å². The Balaban J connectivity index is 1.68. The van der Waals surface area contributed by atoms with Gasteiger partial charge in [-0.05, 0) is 48.5 Å². The smallest absolute Gasteiger partial charge is 0.290 e. The number of pyridine rings is 1. The molecule has 132 valence electrons. The van der Waals surface area contributed by atoms with Gasteiger partial charge in [0, 0.05) is 38.1 Å². The summed E-state index contributed by atoms with van der Waals surface area (Å²) in [6, 6.07) is 11.4. The summed E-state index contributed by atoms with van der Waals surface area (Å²) in [7, 11) is 0. The van der Waals surface area contributed by atoms with Crippen molar-refractivity contribution >= 4 is 23.4 Å². The summed E-state index contributed by atoms with van der Waals surface area (Å²) in [5.74, 6) is -2.83. The summed E-state index contributed by atoms with van der Waals surface area (Å²) in [4.78, 5) is 20.6. The van der Waals surface area contributed by atoms with E-state index in [0.717, 1.165) is 5.69 Å². The Labute approximate surface area is 149 Å². The lowest BCUT2D eigenvalue weighted by Gasteiger charge is -2.36. The van der Waals surface area contributed by atoms with Crippen LogP contribution >= 0.6 is 11.8 Å². The molecule has 0 aliphatic carbocycles. The number of hydrogen-bond donors (Lipinski definition) is 0. The summed E-state index contributed by atoms with van der Waals surface area (Å²) >= 11 is 0.314. The number of benzene rings is 1. The van der Waals surface area contributed by atoms with Gasteiger partial charge in [0.2, 0.25) is 0 Å². The number of aromatic nitrogens is 1. The molecule has 4 nitrogen and oxygen atoms in total. The molecule has 1 aliphatic heterocycles. The quantitative estimate of drug-likeness (QED) is 0.777. The van der Waals surface area contributed by atoms with Crippen molar-refractivity contribution in [2.45, 2.75) is 17.7 Å². The maximum Gasteiger partial charge on any atom is 0.290 e.